The normalized spacial score (nSPS) is 15.8. The fraction of sp³-hybridized carbons (Fsp3) is 0.138. The van der Waals surface area contributed by atoms with Crippen LogP contribution in [0.25, 0.3) is 50.1 Å². The fourth-order valence-electron chi connectivity index (χ4n) is 5.57. The van der Waals surface area contributed by atoms with Gasteiger partial charge >= 0.3 is 0 Å². The highest BCUT2D eigenvalue weighted by Gasteiger charge is 2.30. The van der Waals surface area contributed by atoms with Crippen molar-refractivity contribution in [3.05, 3.63) is 90.3 Å². The number of hydrogen-bond acceptors (Lipinski definition) is 6. The van der Waals surface area contributed by atoms with Crippen molar-refractivity contribution in [2.24, 2.45) is 0 Å². The first kappa shape index (κ1) is 22.0. The van der Waals surface area contributed by atoms with E-state index >= 15 is 0 Å². The highest BCUT2D eigenvalue weighted by molar-refractivity contribution is 5.96. The number of H-pyrrole nitrogens is 1. The van der Waals surface area contributed by atoms with Crippen LogP contribution in [0.2, 0.25) is 0 Å². The number of nitrogens with one attached hydrogen (secondary N) is 1. The lowest BCUT2D eigenvalue weighted by molar-refractivity contribution is 0.560. The second-order valence-electron chi connectivity index (χ2n) is 9.79. The van der Waals surface area contributed by atoms with Gasteiger partial charge in [-0.25, -0.2) is 33.2 Å². The number of benzene rings is 3. The summed E-state index contributed by atoms with van der Waals surface area (Å²) >= 11 is 0. The standard InChI is InChI=1S/C29H20F2N8/c30-16-7-8-19(31)17(12-16)26-6-3-10-38(26)27-9-11-39-29(37-27)18(15-32-39)28-35-24-13-22-23(14-25(24)36-28)34-21-5-2-1-4-20(21)33-22/h1-2,4-5,7-9,11-15,26,33H,3,6,10H2/t26-/m1/s1. The van der Waals surface area contributed by atoms with Crippen molar-refractivity contribution in [1.82, 2.24) is 34.5 Å². The van der Waals surface area contributed by atoms with E-state index in [0.717, 1.165) is 45.6 Å². The van der Waals surface area contributed by atoms with Crippen molar-refractivity contribution in [3.63, 3.8) is 0 Å². The van der Waals surface area contributed by atoms with Crippen molar-refractivity contribution < 1.29 is 8.78 Å². The first-order valence-corrected chi connectivity index (χ1v) is 12.7. The van der Waals surface area contributed by atoms with Gasteiger partial charge in [0.05, 0.1) is 50.9 Å². The maximum atomic E-state index is 14.6. The second-order valence-corrected chi connectivity index (χ2v) is 9.79. The summed E-state index contributed by atoms with van der Waals surface area (Å²) in [5.74, 6) is 0.318. The van der Waals surface area contributed by atoms with E-state index in [1.165, 1.54) is 12.1 Å². The molecule has 1 saturated heterocycles. The molecule has 4 aromatic heterocycles. The summed E-state index contributed by atoms with van der Waals surface area (Å²) in [6, 6.07) is 16.9. The molecule has 1 aliphatic heterocycles. The molecule has 0 spiro atoms. The van der Waals surface area contributed by atoms with Crippen LogP contribution in [0.5, 0.6) is 0 Å². The van der Waals surface area contributed by atoms with Crippen LogP contribution in [0.1, 0.15) is 24.4 Å². The minimum Gasteiger partial charge on any atom is -0.352 e. The summed E-state index contributed by atoms with van der Waals surface area (Å²) in [6.45, 7) is 0.689. The predicted octanol–water partition coefficient (Wildman–Crippen LogP) is 5.99. The fourth-order valence-corrected chi connectivity index (χ4v) is 5.57. The predicted molar refractivity (Wildman–Crippen MR) is 144 cm³/mol. The van der Waals surface area contributed by atoms with Gasteiger partial charge in [0.1, 0.15) is 17.5 Å². The molecule has 0 aliphatic carbocycles. The monoisotopic (exact) mass is 518 g/mol. The number of rotatable bonds is 3. The molecule has 7 aromatic rings. The quantitative estimate of drug-likeness (QED) is 0.289. The third kappa shape index (κ3) is 3.52. The SMILES string of the molecule is Fc1ccc(F)c([C@H]2CCCN2c2ccn3ncc(-c4nc5cc6nc7ccccc7[nH]c6cc5n4)c3n2)c1. The molecule has 0 saturated carbocycles. The van der Waals surface area contributed by atoms with Crippen LogP contribution in [0, 0.1) is 11.6 Å². The topological polar surface area (TPSA) is 87.9 Å². The third-order valence-corrected chi connectivity index (χ3v) is 7.42. The van der Waals surface area contributed by atoms with Gasteiger partial charge in [-0.15, -0.1) is 0 Å². The molecule has 0 amide bonds. The van der Waals surface area contributed by atoms with Crippen LogP contribution in [0.4, 0.5) is 14.6 Å². The number of imidazole rings is 1. The van der Waals surface area contributed by atoms with E-state index in [9.17, 15) is 8.78 Å². The van der Waals surface area contributed by atoms with Crippen molar-refractivity contribution in [2.75, 3.05) is 11.4 Å². The number of aromatic amines is 1. The molecule has 0 unspecified atom stereocenters. The summed E-state index contributed by atoms with van der Waals surface area (Å²) in [6.07, 6.45) is 5.08. The highest BCUT2D eigenvalue weighted by atomic mass is 19.1. The van der Waals surface area contributed by atoms with Crippen molar-refractivity contribution in [2.45, 2.75) is 18.9 Å². The summed E-state index contributed by atoms with van der Waals surface area (Å²) < 4.78 is 30.3. The molecule has 39 heavy (non-hydrogen) atoms. The van der Waals surface area contributed by atoms with Gasteiger partial charge in [0.15, 0.2) is 11.5 Å². The molecule has 1 fully saturated rings. The minimum absolute atomic E-state index is 0.300. The first-order valence-electron chi connectivity index (χ1n) is 12.7. The lowest BCUT2D eigenvalue weighted by atomic mass is 10.0. The Balaban J connectivity index is 1.22. The van der Waals surface area contributed by atoms with Crippen LogP contribution < -0.4 is 4.90 Å². The van der Waals surface area contributed by atoms with Gasteiger partial charge in [-0.3, -0.25) is 0 Å². The average Bonchev–Trinajstić information content (AvgIpc) is 3.69. The Morgan fingerprint density at radius 3 is 2.62 bits per heavy atom. The highest BCUT2D eigenvalue weighted by Crippen LogP contribution is 2.37. The number of nitrogens with zero attached hydrogens (tertiary/aromatic N) is 7. The van der Waals surface area contributed by atoms with Crippen LogP contribution >= 0.6 is 0 Å². The molecule has 8 nitrogen and oxygen atoms in total. The van der Waals surface area contributed by atoms with Gasteiger partial charge < -0.3 is 9.88 Å². The Kier molecular flexibility index (Phi) is 4.66. The molecule has 5 heterocycles. The van der Waals surface area contributed by atoms with Gasteiger partial charge in [0, 0.05) is 18.3 Å². The van der Waals surface area contributed by atoms with Gasteiger partial charge in [0.2, 0.25) is 0 Å². The summed E-state index contributed by atoms with van der Waals surface area (Å²) in [5, 5.41) is 4.46. The van der Waals surface area contributed by atoms with E-state index in [1.54, 1.807) is 10.7 Å². The van der Waals surface area contributed by atoms with E-state index in [2.05, 4.69) is 10.1 Å². The summed E-state index contributed by atoms with van der Waals surface area (Å²) in [5.41, 5.74) is 6.59. The Bertz CT molecular complexity index is 1990. The molecule has 190 valence electrons. The molecule has 8 rings (SSSR count). The molecular formula is C29H20F2N8. The Hall–Kier alpha value is -4.99. The van der Waals surface area contributed by atoms with Crippen LogP contribution in [0.3, 0.4) is 0 Å². The number of anilines is 1. The zero-order chi connectivity index (χ0) is 26.1. The lowest BCUT2D eigenvalue weighted by Gasteiger charge is -2.26. The lowest BCUT2D eigenvalue weighted by Crippen LogP contribution is -2.24. The molecule has 0 radical (unpaired) electrons. The largest absolute Gasteiger partial charge is 0.352 e. The van der Waals surface area contributed by atoms with Gasteiger partial charge in [0.25, 0.3) is 0 Å². The summed E-state index contributed by atoms with van der Waals surface area (Å²) in [4.78, 5) is 24.7. The van der Waals surface area contributed by atoms with Gasteiger partial charge in [-0.05, 0) is 61.4 Å². The molecule has 0 bridgehead atoms. The Morgan fingerprint density at radius 1 is 0.821 bits per heavy atom. The first-order chi connectivity index (χ1) is 19.1. The number of fused-ring (bicyclic) bond motifs is 4. The molecular weight excluding hydrogens is 498 g/mol. The van der Waals surface area contributed by atoms with Crippen molar-refractivity contribution in [1.29, 1.82) is 0 Å². The van der Waals surface area contributed by atoms with E-state index in [0.29, 0.717) is 41.4 Å². The number of para-hydroxylation sites is 2. The van der Waals surface area contributed by atoms with Gasteiger partial charge in [-0.1, -0.05) is 12.1 Å². The van der Waals surface area contributed by atoms with Crippen LogP contribution in [-0.2, 0) is 0 Å². The maximum absolute atomic E-state index is 14.6. The zero-order valence-electron chi connectivity index (χ0n) is 20.5. The maximum Gasteiger partial charge on any atom is 0.168 e. The number of aromatic nitrogens is 7. The molecule has 3 aromatic carbocycles. The van der Waals surface area contributed by atoms with E-state index < -0.39 is 11.6 Å². The van der Waals surface area contributed by atoms with Crippen molar-refractivity contribution in [3.8, 4) is 11.4 Å². The molecule has 10 heteroatoms. The number of halogens is 2. The molecule has 1 aliphatic rings. The van der Waals surface area contributed by atoms with Crippen LogP contribution in [-0.4, -0.2) is 41.1 Å². The van der Waals surface area contributed by atoms with Gasteiger partial charge in [-0.2, -0.15) is 5.10 Å². The van der Waals surface area contributed by atoms with E-state index in [1.807, 2.05) is 53.6 Å². The zero-order valence-corrected chi connectivity index (χ0v) is 20.5. The average molecular weight is 519 g/mol. The Labute approximate surface area is 220 Å². The van der Waals surface area contributed by atoms with E-state index in [4.69, 9.17) is 19.9 Å². The summed E-state index contributed by atoms with van der Waals surface area (Å²) in [7, 11) is 0. The smallest absolute Gasteiger partial charge is 0.168 e. The Morgan fingerprint density at radius 2 is 1.69 bits per heavy atom. The minimum atomic E-state index is -0.450. The molecule has 1 N–H and O–H groups in total. The second kappa shape index (κ2) is 8.26. The molecule has 1 atom stereocenters. The van der Waals surface area contributed by atoms with E-state index in [-0.39, 0.29) is 6.04 Å². The third-order valence-electron chi connectivity index (χ3n) is 7.42. The number of hydrogen-bond donors (Lipinski definition) is 1. The van der Waals surface area contributed by atoms with Crippen molar-refractivity contribution >= 4 is 44.6 Å². The van der Waals surface area contributed by atoms with Crippen LogP contribution in [0.15, 0.2) is 73.1 Å².